The van der Waals surface area contributed by atoms with Crippen LogP contribution >= 0.6 is 0 Å². The van der Waals surface area contributed by atoms with Crippen molar-refractivity contribution in [1.82, 2.24) is 10.2 Å². The van der Waals surface area contributed by atoms with E-state index in [2.05, 4.69) is 17.3 Å². The molecule has 1 aromatic carbocycles. The van der Waals surface area contributed by atoms with Gasteiger partial charge in [0.15, 0.2) is 11.5 Å². The number of hydrogen-bond donors (Lipinski definition) is 3. The molecule has 1 aromatic rings. The first-order valence-electron chi connectivity index (χ1n) is 13.0. The topological polar surface area (TPSA) is 123 Å². The number of hydrogen-bond acceptors (Lipinski definition) is 8. The third-order valence-corrected chi connectivity index (χ3v) is 8.69. The molecule has 9 heteroatoms. The van der Waals surface area contributed by atoms with Gasteiger partial charge in [-0.1, -0.05) is 0 Å². The number of likely N-dealkylation sites (tertiary alicyclic amines) is 1. The van der Waals surface area contributed by atoms with E-state index in [1.165, 1.54) is 0 Å². The number of aromatic hydroxyl groups is 1. The Labute approximate surface area is 212 Å². The lowest BCUT2D eigenvalue weighted by atomic mass is 9.51. The van der Waals surface area contributed by atoms with Crippen LogP contribution in [0.1, 0.15) is 64.0 Å². The maximum Gasteiger partial charge on any atom is 0.323 e. The molecule has 6 atom stereocenters. The number of carbonyl (C=O) groups is 2. The van der Waals surface area contributed by atoms with Gasteiger partial charge in [-0.2, -0.15) is 0 Å². The van der Waals surface area contributed by atoms with Gasteiger partial charge in [-0.15, -0.1) is 0 Å². The summed E-state index contributed by atoms with van der Waals surface area (Å²) in [6.07, 6.45) is 3.64. The van der Waals surface area contributed by atoms with Crippen molar-refractivity contribution in [1.29, 1.82) is 0 Å². The van der Waals surface area contributed by atoms with Crippen molar-refractivity contribution in [2.45, 2.75) is 94.5 Å². The first-order chi connectivity index (χ1) is 17.0. The number of ether oxygens (including phenoxy) is 3. The zero-order valence-electron chi connectivity index (χ0n) is 21.9. The number of nitrogens with two attached hydrogens (primary N) is 1. The van der Waals surface area contributed by atoms with Crippen molar-refractivity contribution >= 4 is 11.9 Å². The van der Waals surface area contributed by atoms with Crippen LogP contribution in [0.25, 0.3) is 0 Å². The molecule has 0 unspecified atom stereocenters. The van der Waals surface area contributed by atoms with Crippen LogP contribution in [0, 0.1) is 5.92 Å². The molecule has 9 nitrogen and oxygen atoms in total. The minimum Gasteiger partial charge on any atom is -0.504 e. The number of primary amides is 1. The highest BCUT2D eigenvalue weighted by atomic mass is 16.6. The molecule has 2 fully saturated rings. The second-order valence-corrected chi connectivity index (χ2v) is 11.9. The predicted octanol–water partition coefficient (Wildman–Crippen LogP) is 2.00. The fourth-order valence-electron chi connectivity index (χ4n) is 7.33. The summed E-state index contributed by atoms with van der Waals surface area (Å²) in [5, 5.41) is 14.5. The monoisotopic (exact) mass is 501 g/mol. The van der Waals surface area contributed by atoms with Crippen LogP contribution in [-0.2, 0) is 26.2 Å². The maximum absolute atomic E-state index is 13.1. The lowest BCUT2D eigenvalue weighted by Crippen LogP contribution is -2.69. The number of phenols is 1. The molecule has 2 bridgehead atoms. The van der Waals surface area contributed by atoms with Gasteiger partial charge in [0.1, 0.15) is 23.5 Å². The maximum atomic E-state index is 13.1. The summed E-state index contributed by atoms with van der Waals surface area (Å²) in [5.74, 6) is 0.894. The van der Waals surface area contributed by atoms with Crippen LogP contribution in [-0.4, -0.2) is 72.4 Å². The van der Waals surface area contributed by atoms with Gasteiger partial charge in [0, 0.05) is 41.1 Å². The van der Waals surface area contributed by atoms with Crippen molar-refractivity contribution in [3.05, 3.63) is 17.2 Å². The van der Waals surface area contributed by atoms with Crippen molar-refractivity contribution in [2.24, 2.45) is 11.7 Å². The molecule has 1 spiro atoms. The zero-order valence-corrected chi connectivity index (χ0v) is 21.9. The van der Waals surface area contributed by atoms with Crippen LogP contribution < -0.4 is 20.5 Å². The molecular formula is C27H39N3O6. The van der Waals surface area contributed by atoms with Gasteiger partial charge in [0.25, 0.3) is 0 Å². The molecule has 36 heavy (non-hydrogen) atoms. The smallest absolute Gasteiger partial charge is 0.323 e. The van der Waals surface area contributed by atoms with E-state index in [0.29, 0.717) is 23.5 Å². The lowest BCUT2D eigenvalue weighted by molar-refractivity contribution is -0.158. The molecule has 1 saturated heterocycles. The average molecular weight is 502 g/mol. The van der Waals surface area contributed by atoms with Gasteiger partial charge < -0.3 is 30.0 Å². The Morgan fingerprint density at radius 3 is 2.78 bits per heavy atom. The summed E-state index contributed by atoms with van der Waals surface area (Å²) in [6.45, 7) is 6.42. The third-order valence-electron chi connectivity index (χ3n) is 8.69. The fraction of sp³-hybridized carbons (Fsp3) is 0.704. The molecule has 0 aromatic heterocycles. The molecule has 1 amide bonds. The van der Waals surface area contributed by atoms with Crippen LogP contribution in [0.3, 0.4) is 0 Å². The number of methoxy groups -OCH3 is 1. The molecule has 1 saturated carbocycles. The van der Waals surface area contributed by atoms with Crippen LogP contribution in [0.5, 0.6) is 17.2 Å². The number of likely N-dealkylation sites (N-methyl/N-ethyl adjacent to an activating group) is 1. The van der Waals surface area contributed by atoms with Crippen LogP contribution in [0.15, 0.2) is 6.07 Å². The SMILES string of the molecule is COc1cc(O)c2c3c1C[C@@H]1[C@@H]4CC[C@@H](N[C@@H](CCC(N)=O)C(=O)OC(C)(C)C)[C@H](O2)[C@]34CCN1C. The van der Waals surface area contributed by atoms with Gasteiger partial charge in [0.2, 0.25) is 5.91 Å². The number of benzene rings is 1. The highest BCUT2D eigenvalue weighted by Crippen LogP contribution is 2.65. The molecule has 5 rings (SSSR count). The number of amides is 1. The molecule has 198 valence electrons. The highest BCUT2D eigenvalue weighted by Gasteiger charge is 2.66. The summed E-state index contributed by atoms with van der Waals surface area (Å²) >= 11 is 0. The lowest BCUT2D eigenvalue weighted by Gasteiger charge is -2.59. The Morgan fingerprint density at radius 1 is 1.36 bits per heavy atom. The first kappa shape index (κ1) is 25.1. The minimum absolute atomic E-state index is 0.0815. The van der Waals surface area contributed by atoms with Crippen molar-refractivity contribution in [3.8, 4) is 17.2 Å². The second kappa shape index (κ2) is 8.80. The van der Waals surface area contributed by atoms with E-state index in [-0.39, 0.29) is 36.2 Å². The van der Waals surface area contributed by atoms with Gasteiger partial charge in [-0.05, 0) is 72.4 Å². The van der Waals surface area contributed by atoms with E-state index in [9.17, 15) is 14.7 Å². The number of nitrogens with one attached hydrogen (secondary N) is 1. The normalized spacial score (nSPS) is 31.2. The number of carbonyl (C=O) groups excluding carboxylic acids is 2. The van der Waals surface area contributed by atoms with E-state index in [4.69, 9.17) is 19.9 Å². The number of rotatable bonds is 7. The van der Waals surface area contributed by atoms with Gasteiger partial charge in [-0.3, -0.25) is 14.9 Å². The van der Waals surface area contributed by atoms with Crippen molar-refractivity contribution in [3.63, 3.8) is 0 Å². The molecule has 2 aliphatic heterocycles. The third kappa shape index (κ3) is 3.91. The van der Waals surface area contributed by atoms with E-state index >= 15 is 0 Å². The quantitative estimate of drug-likeness (QED) is 0.485. The number of esters is 1. The van der Waals surface area contributed by atoms with E-state index in [0.717, 1.165) is 43.4 Å². The van der Waals surface area contributed by atoms with Gasteiger partial charge >= 0.3 is 5.97 Å². The van der Waals surface area contributed by atoms with E-state index in [1.807, 2.05) is 20.8 Å². The number of nitrogens with zero attached hydrogens (tertiary/aromatic N) is 1. The molecular weight excluding hydrogens is 462 g/mol. The van der Waals surface area contributed by atoms with Gasteiger partial charge in [-0.25, -0.2) is 0 Å². The fourth-order valence-corrected chi connectivity index (χ4v) is 7.33. The second-order valence-electron chi connectivity index (χ2n) is 11.9. The minimum atomic E-state index is -0.685. The van der Waals surface area contributed by atoms with Crippen molar-refractivity contribution < 1.29 is 28.9 Å². The Morgan fingerprint density at radius 2 is 2.11 bits per heavy atom. The molecule has 4 N–H and O–H groups in total. The largest absolute Gasteiger partial charge is 0.504 e. The summed E-state index contributed by atoms with van der Waals surface area (Å²) in [6, 6.07) is 1.19. The Kier molecular flexibility index (Phi) is 6.15. The summed E-state index contributed by atoms with van der Waals surface area (Å²) in [7, 11) is 3.83. The van der Waals surface area contributed by atoms with E-state index in [1.54, 1.807) is 13.2 Å². The summed E-state index contributed by atoms with van der Waals surface area (Å²) in [4.78, 5) is 27.2. The molecule has 2 heterocycles. The van der Waals surface area contributed by atoms with Crippen LogP contribution in [0.2, 0.25) is 0 Å². The average Bonchev–Trinajstić information content (AvgIpc) is 3.14. The number of phenolic OH excluding ortho intramolecular Hbond substituents is 1. The Balaban J connectivity index is 1.52. The Hall–Kier alpha value is -2.52. The standard InChI is InChI=1S/C27H39N3O6/c1-26(2,3)36-25(33)17(8-9-21(28)32)29-16-7-6-15-18-12-14-20(34-5)13-19(31)23-22(14)27(15,24(16)35-23)10-11-30(18)4/h13,15-18,24,29,31H,6-12H2,1-5H3,(H2,28,32)/t15-,16+,17-,18+,24-,27-/m0/s1. The van der Waals surface area contributed by atoms with Crippen LogP contribution in [0.4, 0.5) is 0 Å². The first-order valence-corrected chi connectivity index (χ1v) is 13.0. The predicted molar refractivity (Wildman–Crippen MR) is 133 cm³/mol. The Bertz CT molecular complexity index is 1070. The van der Waals surface area contributed by atoms with Crippen molar-refractivity contribution in [2.75, 3.05) is 20.7 Å². The molecule has 4 aliphatic rings. The van der Waals surface area contributed by atoms with E-state index < -0.39 is 23.5 Å². The zero-order chi connectivity index (χ0) is 26.0. The molecule has 2 aliphatic carbocycles. The summed E-state index contributed by atoms with van der Waals surface area (Å²) in [5.41, 5.74) is 6.71. The summed E-state index contributed by atoms with van der Waals surface area (Å²) < 4.78 is 18.0. The highest BCUT2D eigenvalue weighted by molar-refractivity contribution is 5.79. The number of piperidine rings is 1. The van der Waals surface area contributed by atoms with Gasteiger partial charge in [0.05, 0.1) is 7.11 Å². The molecule has 0 radical (unpaired) electrons.